The Balaban J connectivity index is 2.61. The highest BCUT2D eigenvalue weighted by molar-refractivity contribution is 5.97. The number of primary amides is 1. The van der Waals surface area contributed by atoms with Crippen molar-refractivity contribution < 1.29 is 14.7 Å². The molecule has 0 aliphatic rings. The van der Waals surface area contributed by atoms with Crippen molar-refractivity contribution in [2.45, 2.75) is 19.4 Å². The van der Waals surface area contributed by atoms with Crippen molar-refractivity contribution >= 4 is 11.8 Å². The largest absolute Gasteiger partial charge is 0.391 e. The molecular formula is C12H16N2O3. The van der Waals surface area contributed by atoms with Crippen molar-refractivity contribution in [2.75, 3.05) is 6.54 Å². The van der Waals surface area contributed by atoms with Gasteiger partial charge in [0.05, 0.1) is 6.10 Å². The number of carbonyl (C=O) groups is 2. The summed E-state index contributed by atoms with van der Waals surface area (Å²) in [5.41, 5.74) is 5.87. The van der Waals surface area contributed by atoms with Gasteiger partial charge in [-0.1, -0.05) is 6.92 Å². The Morgan fingerprint density at radius 3 is 2.29 bits per heavy atom. The third kappa shape index (κ3) is 3.88. The molecule has 1 unspecified atom stereocenters. The summed E-state index contributed by atoms with van der Waals surface area (Å²) >= 11 is 0. The molecule has 0 saturated carbocycles. The third-order valence-electron chi connectivity index (χ3n) is 2.40. The summed E-state index contributed by atoms with van der Waals surface area (Å²) in [6, 6.07) is 6.03. The molecular weight excluding hydrogens is 220 g/mol. The lowest BCUT2D eigenvalue weighted by atomic mass is 10.1. The molecule has 0 heterocycles. The van der Waals surface area contributed by atoms with E-state index >= 15 is 0 Å². The number of amides is 2. The van der Waals surface area contributed by atoms with E-state index in [4.69, 9.17) is 5.73 Å². The van der Waals surface area contributed by atoms with E-state index in [1.165, 1.54) is 24.3 Å². The van der Waals surface area contributed by atoms with Crippen LogP contribution in [0.1, 0.15) is 34.1 Å². The highest BCUT2D eigenvalue weighted by atomic mass is 16.3. The molecule has 17 heavy (non-hydrogen) atoms. The van der Waals surface area contributed by atoms with Gasteiger partial charge in [-0.05, 0) is 30.7 Å². The minimum atomic E-state index is -0.538. The van der Waals surface area contributed by atoms with E-state index in [9.17, 15) is 14.7 Å². The smallest absolute Gasteiger partial charge is 0.251 e. The van der Waals surface area contributed by atoms with Crippen LogP contribution >= 0.6 is 0 Å². The average molecular weight is 236 g/mol. The van der Waals surface area contributed by atoms with Crippen LogP contribution in [0.5, 0.6) is 0 Å². The first kappa shape index (κ1) is 13.2. The highest BCUT2D eigenvalue weighted by Crippen LogP contribution is 2.03. The molecule has 0 aliphatic heterocycles. The number of nitrogens with one attached hydrogen (secondary N) is 1. The van der Waals surface area contributed by atoms with Gasteiger partial charge in [0.25, 0.3) is 5.91 Å². The Morgan fingerprint density at radius 1 is 1.29 bits per heavy atom. The van der Waals surface area contributed by atoms with E-state index in [1.807, 2.05) is 6.92 Å². The van der Waals surface area contributed by atoms with E-state index in [-0.39, 0.29) is 12.5 Å². The molecule has 1 atom stereocenters. The minimum absolute atomic E-state index is 0.215. The third-order valence-corrected chi connectivity index (χ3v) is 2.40. The van der Waals surface area contributed by atoms with Crippen molar-refractivity contribution in [1.82, 2.24) is 5.32 Å². The molecule has 92 valence electrons. The van der Waals surface area contributed by atoms with Gasteiger partial charge >= 0.3 is 0 Å². The summed E-state index contributed by atoms with van der Waals surface area (Å²) in [6.45, 7) is 2.05. The van der Waals surface area contributed by atoms with Crippen molar-refractivity contribution in [1.29, 1.82) is 0 Å². The van der Waals surface area contributed by atoms with Crippen molar-refractivity contribution in [3.63, 3.8) is 0 Å². The number of aliphatic hydroxyl groups excluding tert-OH is 1. The first-order valence-corrected chi connectivity index (χ1v) is 5.40. The lowest BCUT2D eigenvalue weighted by Crippen LogP contribution is -2.31. The fourth-order valence-corrected chi connectivity index (χ4v) is 1.24. The van der Waals surface area contributed by atoms with E-state index in [0.29, 0.717) is 17.5 Å². The Morgan fingerprint density at radius 2 is 1.82 bits per heavy atom. The van der Waals surface area contributed by atoms with Gasteiger partial charge < -0.3 is 16.2 Å². The predicted octanol–water partition coefficient (Wildman–Crippen LogP) is 0.286. The van der Waals surface area contributed by atoms with Crippen LogP contribution in [0.15, 0.2) is 24.3 Å². The number of carbonyl (C=O) groups excluding carboxylic acids is 2. The first-order chi connectivity index (χ1) is 8.04. The molecule has 1 aromatic rings. The summed E-state index contributed by atoms with van der Waals surface area (Å²) in [7, 11) is 0. The monoisotopic (exact) mass is 236 g/mol. The molecule has 1 rings (SSSR count). The van der Waals surface area contributed by atoms with E-state index in [2.05, 4.69) is 5.32 Å². The van der Waals surface area contributed by atoms with Crippen molar-refractivity contribution in [3.05, 3.63) is 35.4 Å². The zero-order valence-corrected chi connectivity index (χ0v) is 9.64. The Labute approximate surface area is 99.6 Å². The number of rotatable bonds is 5. The van der Waals surface area contributed by atoms with Gasteiger partial charge in [0.2, 0.25) is 5.91 Å². The van der Waals surface area contributed by atoms with Gasteiger partial charge in [0.15, 0.2) is 0 Å². The van der Waals surface area contributed by atoms with Crippen LogP contribution in [0.2, 0.25) is 0 Å². The summed E-state index contributed by atoms with van der Waals surface area (Å²) in [4.78, 5) is 22.4. The molecule has 0 saturated heterocycles. The van der Waals surface area contributed by atoms with Gasteiger partial charge in [-0.15, -0.1) is 0 Å². The van der Waals surface area contributed by atoms with Crippen LogP contribution in [0.25, 0.3) is 0 Å². The van der Waals surface area contributed by atoms with E-state index in [0.717, 1.165) is 0 Å². The molecule has 0 aromatic heterocycles. The van der Waals surface area contributed by atoms with E-state index < -0.39 is 12.0 Å². The average Bonchev–Trinajstić information content (AvgIpc) is 2.35. The number of hydrogen-bond donors (Lipinski definition) is 3. The normalized spacial score (nSPS) is 11.9. The minimum Gasteiger partial charge on any atom is -0.391 e. The number of aliphatic hydroxyl groups is 1. The van der Waals surface area contributed by atoms with E-state index in [1.54, 1.807) is 0 Å². The lowest BCUT2D eigenvalue weighted by molar-refractivity contribution is 0.0912. The molecule has 1 aromatic carbocycles. The van der Waals surface area contributed by atoms with Crippen LogP contribution in [0.3, 0.4) is 0 Å². The van der Waals surface area contributed by atoms with Crippen molar-refractivity contribution in [2.24, 2.45) is 5.73 Å². The Bertz CT molecular complexity index is 401. The lowest BCUT2D eigenvalue weighted by Gasteiger charge is -2.09. The highest BCUT2D eigenvalue weighted by Gasteiger charge is 2.08. The fraction of sp³-hybridized carbons (Fsp3) is 0.333. The first-order valence-electron chi connectivity index (χ1n) is 5.40. The van der Waals surface area contributed by atoms with Crippen LogP contribution in [-0.2, 0) is 0 Å². The van der Waals surface area contributed by atoms with Gasteiger partial charge in [0, 0.05) is 17.7 Å². The molecule has 0 spiro atoms. The zero-order chi connectivity index (χ0) is 12.8. The van der Waals surface area contributed by atoms with Crippen LogP contribution in [0, 0.1) is 0 Å². The summed E-state index contributed by atoms with van der Waals surface area (Å²) in [5.74, 6) is -0.813. The molecule has 2 amide bonds. The maximum absolute atomic E-state index is 11.6. The summed E-state index contributed by atoms with van der Waals surface area (Å²) < 4.78 is 0. The molecule has 0 fully saturated rings. The van der Waals surface area contributed by atoms with Gasteiger partial charge in [0.1, 0.15) is 0 Å². The second-order valence-corrected chi connectivity index (χ2v) is 3.71. The quantitative estimate of drug-likeness (QED) is 0.686. The van der Waals surface area contributed by atoms with Crippen LogP contribution < -0.4 is 11.1 Å². The van der Waals surface area contributed by atoms with Crippen molar-refractivity contribution in [3.8, 4) is 0 Å². The Kier molecular flexibility index (Phi) is 4.66. The summed E-state index contributed by atoms with van der Waals surface area (Å²) in [6.07, 6.45) is 0.0461. The molecule has 5 nitrogen and oxygen atoms in total. The molecule has 4 N–H and O–H groups in total. The standard InChI is InChI=1S/C12H16N2O3/c1-2-10(15)7-14-12(17)9-5-3-8(4-6-9)11(13)16/h3-6,10,15H,2,7H2,1H3,(H2,13,16)(H,14,17). The molecule has 5 heteroatoms. The number of hydrogen-bond acceptors (Lipinski definition) is 3. The van der Waals surface area contributed by atoms with Gasteiger partial charge in [-0.3, -0.25) is 9.59 Å². The predicted molar refractivity (Wildman–Crippen MR) is 63.6 cm³/mol. The number of benzene rings is 1. The second-order valence-electron chi connectivity index (χ2n) is 3.71. The maximum Gasteiger partial charge on any atom is 0.251 e. The summed E-state index contributed by atoms with van der Waals surface area (Å²) in [5, 5.41) is 11.9. The topological polar surface area (TPSA) is 92.4 Å². The molecule has 0 radical (unpaired) electrons. The molecule has 0 aliphatic carbocycles. The van der Waals surface area contributed by atoms with Gasteiger partial charge in [-0.25, -0.2) is 0 Å². The maximum atomic E-state index is 11.6. The van der Waals surface area contributed by atoms with Crippen LogP contribution in [0.4, 0.5) is 0 Å². The second kappa shape index (κ2) is 6.00. The Hall–Kier alpha value is -1.88. The fourth-order valence-electron chi connectivity index (χ4n) is 1.24. The SMILES string of the molecule is CCC(O)CNC(=O)c1ccc(C(N)=O)cc1. The van der Waals surface area contributed by atoms with Gasteiger partial charge in [-0.2, -0.15) is 0 Å². The number of nitrogens with two attached hydrogens (primary N) is 1. The zero-order valence-electron chi connectivity index (χ0n) is 9.64. The van der Waals surface area contributed by atoms with Crippen LogP contribution in [-0.4, -0.2) is 29.6 Å². The molecule has 0 bridgehead atoms.